The van der Waals surface area contributed by atoms with Crippen molar-refractivity contribution < 1.29 is 8.78 Å². The molecule has 0 aliphatic carbocycles. The van der Waals surface area contributed by atoms with E-state index in [-0.39, 0.29) is 5.57 Å². The van der Waals surface area contributed by atoms with Gasteiger partial charge in [-0.15, -0.1) is 0 Å². The first-order valence-corrected chi connectivity index (χ1v) is 4.39. The molecular formula is C10H15F2N. The molecule has 13 heavy (non-hydrogen) atoms. The minimum absolute atomic E-state index is 0.226. The number of allylic oxidation sites excluding steroid dienone is 2. The van der Waals surface area contributed by atoms with Crippen molar-refractivity contribution in [3.8, 4) is 0 Å². The second-order valence-corrected chi connectivity index (χ2v) is 3.54. The number of nitrogens with zero attached hydrogens (tertiary/aromatic N) is 1. The van der Waals surface area contributed by atoms with Crippen LogP contribution in [-0.2, 0) is 0 Å². The van der Waals surface area contributed by atoms with Crippen LogP contribution in [0, 0.1) is 0 Å². The Morgan fingerprint density at radius 1 is 1.38 bits per heavy atom. The van der Waals surface area contributed by atoms with Crippen molar-refractivity contribution in [2.45, 2.75) is 26.7 Å². The molecule has 74 valence electrons. The van der Waals surface area contributed by atoms with Gasteiger partial charge in [-0.2, -0.15) is 0 Å². The predicted octanol–water partition coefficient (Wildman–Crippen LogP) is 2.81. The Kier molecular flexibility index (Phi) is 3.07. The highest BCUT2D eigenvalue weighted by molar-refractivity contribution is 5.36. The number of hydrogen-bond donors (Lipinski definition) is 0. The highest BCUT2D eigenvalue weighted by atomic mass is 19.3. The molecule has 1 aliphatic heterocycles. The molecule has 0 aromatic carbocycles. The quantitative estimate of drug-likeness (QED) is 0.610. The summed E-state index contributed by atoms with van der Waals surface area (Å²) in [5.74, 6) is 0. The van der Waals surface area contributed by atoms with Crippen LogP contribution >= 0.6 is 0 Å². The Balaban J connectivity index is 3.02. The summed E-state index contributed by atoms with van der Waals surface area (Å²) < 4.78 is 25.2. The van der Waals surface area contributed by atoms with E-state index in [0.717, 1.165) is 18.5 Å². The van der Waals surface area contributed by atoms with E-state index in [9.17, 15) is 8.78 Å². The molecule has 0 saturated heterocycles. The second kappa shape index (κ2) is 3.90. The van der Waals surface area contributed by atoms with Crippen LogP contribution in [0.15, 0.2) is 22.9 Å². The SMILES string of the molecule is CC1=CN(C)CCC(C)=C1C(F)F. The summed E-state index contributed by atoms with van der Waals surface area (Å²) in [5, 5.41) is 0. The molecule has 0 fully saturated rings. The molecule has 3 heteroatoms. The summed E-state index contributed by atoms with van der Waals surface area (Å²) in [6.07, 6.45) is 0.171. The third-order valence-electron chi connectivity index (χ3n) is 2.36. The summed E-state index contributed by atoms with van der Waals surface area (Å²) >= 11 is 0. The fourth-order valence-electron chi connectivity index (χ4n) is 1.64. The van der Waals surface area contributed by atoms with Crippen LogP contribution in [0.2, 0.25) is 0 Å². The Labute approximate surface area is 77.7 Å². The lowest BCUT2D eigenvalue weighted by Crippen LogP contribution is -2.11. The van der Waals surface area contributed by atoms with Crippen molar-refractivity contribution in [2.75, 3.05) is 13.6 Å². The van der Waals surface area contributed by atoms with E-state index < -0.39 is 6.43 Å². The first-order chi connectivity index (χ1) is 6.02. The molecule has 1 heterocycles. The fraction of sp³-hybridized carbons (Fsp3) is 0.600. The first-order valence-electron chi connectivity index (χ1n) is 4.39. The molecule has 0 aromatic rings. The van der Waals surface area contributed by atoms with E-state index in [4.69, 9.17) is 0 Å². The topological polar surface area (TPSA) is 3.24 Å². The maximum Gasteiger partial charge on any atom is 0.264 e. The predicted molar refractivity (Wildman–Crippen MR) is 49.7 cm³/mol. The number of hydrogen-bond acceptors (Lipinski definition) is 1. The van der Waals surface area contributed by atoms with Crippen LogP contribution in [0.5, 0.6) is 0 Å². The molecule has 1 nitrogen and oxygen atoms in total. The Morgan fingerprint density at radius 3 is 2.54 bits per heavy atom. The van der Waals surface area contributed by atoms with Gasteiger partial charge < -0.3 is 4.90 Å². The molecule has 0 unspecified atom stereocenters. The smallest absolute Gasteiger partial charge is 0.264 e. The maximum absolute atomic E-state index is 12.6. The molecule has 0 aromatic heterocycles. The minimum Gasteiger partial charge on any atom is -0.380 e. The molecule has 0 saturated carbocycles. The van der Waals surface area contributed by atoms with Gasteiger partial charge in [-0.05, 0) is 25.8 Å². The average molecular weight is 187 g/mol. The van der Waals surface area contributed by atoms with Gasteiger partial charge in [-0.1, -0.05) is 5.57 Å². The van der Waals surface area contributed by atoms with Gasteiger partial charge in [-0.3, -0.25) is 0 Å². The van der Waals surface area contributed by atoms with Crippen LogP contribution < -0.4 is 0 Å². The lowest BCUT2D eigenvalue weighted by atomic mass is 10.0. The second-order valence-electron chi connectivity index (χ2n) is 3.54. The van der Waals surface area contributed by atoms with Crippen LogP contribution in [0.3, 0.4) is 0 Å². The van der Waals surface area contributed by atoms with Gasteiger partial charge in [0.25, 0.3) is 6.43 Å². The van der Waals surface area contributed by atoms with E-state index >= 15 is 0 Å². The highest BCUT2D eigenvalue weighted by Gasteiger charge is 2.18. The number of alkyl halides is 2. The molecule has 0 atom stereocenters. The van der Waals surface area contributed by atoms with Gasteiger partial charge in [0.15, 0.2) is 0 Å². The van der Waals surface area contributed by atoms with E-state index in [0.29, 0.717) is 5.57 Å². The zero-order valence-electron chi connectivity index (χ0n) is 8.27. The Morgan fingerprint density at radius 2 is 2.00 bits per heavy atom. The van der Waals surface area contributed by atoms with E-state index in [1.54, 1.807) is 20.0 Å². The molecule has 0 bridgehead atoms. The van der Waals surface area contributed by atoms with Crippen molar-refractivity contribution in [1.29, 1.82) is 0 Å². The van der Waals surface area contributed by atoms with Crippen LogP contribution in [0.4, 0.5) is 8.78 Å². The normalized spacial score (nSPS) is 19.2. The van der Waals surface area contributed by atoms with Crippen molar-refractivity contribution >= 4 is 0 Å². The van der Waals surface area contributed by atoms with Gasteiger partial charge in [0, 0.05) is 25.4 Å². The molecule has 1 aliphatic rings. The first kappa shape index (κ1) is 10.2. The van der Waals surface area contributed by atoms with Crippen molar-refractivity contribution in [1.82, 2.24) is 4.90 Å². The summed E-state index contributed by atoms with van der Waals surface area (Å²) in [6.45, 7) is 4.35. The van der Waals surface area contributed by atoms with Gasteiger partial charge in [0.2, 0.25) is 0 Å². The molecule has 0 N–H and O–H groups in total. The van der Waals surface area contributed by atoms with Gasteiger partial charge in [0.1, 0.15) is 0 Å². The van der Waals surface area contributed by atoms with Crippen molar-refractivity contribution in [3.05, 3.63) is 22.9 Å². The van der Waals surface area contributed by atoms with E-state index in [1.165, 1.54) is 0 Å². The molecule has 0 radical (unpaired) electrons. The van der Waals surface area contributed by atoms with Crippen molar-refractivity contribution in [2.24, 2.45) is 0 Å². The van der Waals surface area contributed by atoms with Gasteiger partial charge >= 0.3 is 0 Å². The summed E-state index contributed by atoms with van der Waals surface area (Å²) in [4.78, 5) is 1.95. The van der Waals surface area contributed by atoms with Gasteiger partial charge in [0.05, 0.1) is 0 Å². The summed E-state index contributed by atoms with van der Waals surface area (Å²) in [6, 6.07) is 0. The molecular weight excluding hydrogens is 172 g/mol. The molecule has 0 spiro atoms. The lowest BCUT2D eigenvalue weighted by Gasteiger charge is -2.11. The monoisotopic (exact) mass is 187 g/mol. The average Bonchev–Trinajstić information content (AvgIpc) is 2.10. The Bertz CT molecular complexity index is 254. The van der Waals surface area contributed by atoms with Gasteiger partial charge in [-0.25, -0.2) is 8.78 Å². The summed E-state index contributed by atoms with van der Waals surface area (Å²) in [7, 11) is 1.91. The number of rotatable bonds is 1. The van der Waals surface area contributed by atoms with Crippen LogP contribution in [-0.4, -0.2) is 24.9 Å². The standard InChI is InChI=1S/C10H15F2N/c1-7-4-5-13(3)6-8(2)9(7)10(11)12/h6,10H,4-5H2,1-3H3. The third-order valence-corrected chi connectivity index (χ3v) is 2.36. The summed E-state index contributed by atoms with van der Waals surface area (Å²) in [5.41, 5.74) is 1.73. The molecule has 0 amide bonds. The molecule has 1 rings (SSSR count). The number of halogens is 2. The third kappa shape index (κ3) is 2.29. The highest BCUT2D eigenvalue weighted by Crippen LogP contribution is 2.26. The minimum atomic E-state index is -2.34. The fourth-order valence-corrected chi connectivity index (χ4v) is 1.64. The zero-order valence-corrected chi connectivity index (χ0v) is 8.27. The van der Waals surface area contributed by atoms with Crippen molar-refractivity contribution in [3.63, 3.8) is 0 Å². The lowest BCUT2D eigenvalue weighted by molar-refractivity contribution is 0.191. The largest absolute Gasteiger partial charge is 0.380 e. The van der Waals surface area contributed by atoms with Crippen LogP contribution in [0.25, 0.3) is 0 Å². The van der Waals surface area contributed by atoms with E-state index in [2.05, 4.69) is 0 Å². The zero-order chi connectivity index (χ0) is 10.0. The van der Waals surface area contributed by atoms with Crippen LogP contribution in [0.1, 0.15) is 20.3 Å². The maximum atomic E-state index is 12.6. The Hall–Kier alpha value is -0.860. The van der Waals surface area contributed by atoms with E-state index in [1.807, 2.05) is 11.9 Å².